The van der Waals surface area contributed by atoms with Gasteiger partial charge in [-0.05, 0) is 45.2 Å². The first-order valence-electron chi connectivity index (χ1n) is 11.6. The van der Waals surface area contributed by atoms with Crippen LogP contribution in [0.3, 0.4) is 0 Å². The molecule has 12 N–H and O–H groups in total. The van der Waals surface area contributed by atoms with E-state index in [2.05, 4.69) is 31.4 Å². The van der Waals surface area contributed by atoms with E-state index < -0.39 is 11.1 Å². The van der Waals surface area contributed by atoms with E-state index in [0.717, 1.165) is 26.1 Å². The Labute approximate surface area is 203 Å². The van der Waals surface area contributed by atoms with Crippen LogP contribution in [0, 0.1) is 5.92 Å². The topological polar surface area (TPSA) is 197 Å². The maximum absolute atomic E-state index is 8.80. The molecular formula is C23H60N4O6. The van der Waals surface area contributed by atoms with Gasteiger partial charge < -0.3 is 52.7 Å². The second-order valence-corrected chi connectivity index (χ2v) is 8.44. The van der Waals surface area contributed by atoms with Crippen molar-refractivity contribution in [3.05, 3.63) is 0 Å². The fourth-order valence-electron chi connectivity index (χ4n) is 1.51. The Morgan fingerprint density at radius 3 is 1.27 bits per heavy atom. The summed E-state index contributed by atoms with van der Waals surface area (Å²) in [6, 6.07) is 0. The second kappa shape index (κ2) is 29.6. The van der Waals surface area contributed by atoms with Gasteiger partial charge in [-0.15, -0.1) is 0 Å². The molecule has 0 aliphatic rings. The normalized spacial score (nSPS) is 11.7. The molecule has 0 saturated carbocycles. The average molecular weight is 489 g/mol. The van der Waals surface area contributed by atoms with Crippen molar-refractivity contribution in [2.24, 2.45) is 17.4 Å². The number of nitrogens with one attached hydrogen (secondary N) is 2. The van der Waals surface area contributed by atoms with Crippen molar-refractivity contribution in [2.45, 2.75) is 85.4 Å². The van der Waals surface area contributed by atoms with Crippen LogP contribution in [0.15, 0.2) is 0 Å². The largest absolute Gasteiger partial charge is 0.395 e. The molecule has 0 spiro atoms. The van der Waals surface area contributed by atoms with Crippen molar-refractivity contribution in [1.29, 1.82) is 0 Å². The summed E-state index contributed by atoms with van der Waals surface area (Å²) in [6.45, 7) is 14.9. The summed E-state index contributed by atoms with van der Waals surface area (Å²) in [4.78, 5) is 0. The lowest BCUT2D eigenvalue weighted by Gasteiger charge is -2.21. The minimum absolute atomic E-state index is 0. The minimum Gasteiger partial charge on any atom is -0.395 e. The molecule has 0 bridgehead atoms. The lowest BCUT2D eigenvalue weighted by molar-refractivity contribution is 0.118. The van der Waals surface area contributed by atoms with Gasteiger partial charge in [0, 0.05) is 13.1 Å². The molecule has 0 rings (SSSR count). The average Bonchev–Trinajstić information content (AvgIpc) is 2.79. The van der Waals surface area contributed by atoms with Gasteiger partial charge in [-0.2, -0.15) is 0 Å². The van der Waals surface area contributed by atoms with Gasteiger partial charge >= 0.3 is 0 Å². The predicted octanol–water partition coefficient (Wildman–Crippen LogP) is -0.616. The highest BCUT2D eigenvalue weighted by atomic mass is 16.3. The standard InChI is InChI=1S/C7H17NO.2C5H13NO2.C5H13NO.CH4/c1-6(2)4-8-5-7(3)9;2*1-2-5(6,3-7)4-8;1-2-3-6-4-5-7;/h6-9H,4-5H2,1-3H3;2*7-8H,2-4,6H2,1H3;6-7H,2-5H2,1H3;1H4. The molecule has 0 aliphatic carbocycles. The third kappa shape index (κ3) is 36.3. The molecule has 0 aromatic rings. The van der Waals surface area contributed by atoms with E-state index >= 15 is 0 Å². The number of rotatable bonds is 14. The Bertz CT molecular complexity index is 296. The smallest absolute Gasteiger partial charge is 0.0636 e. The van der Waals surface area contributed by atoms with Gasteiger partial charge in [0.05, 0.1) is 50.2 Å². The van der Waals surface area contributed by atoms with Crippen LogP contribution in [0.1, 0.15) is 68.2 Å². The molecule has 0 saturated heterocycles. The summed E-state index contributed by atoms with van der Waals surface area (Å²) in [7, 11) is 0. The molecule has 1 atom stereocenters. The Hall–Kier alpha value is -0.400. The molecule has 1 unspecified atom stereocenters. The fraction of sp³-hybridized carbons (Fsp3) is 1.00. The number of hydrogen-bond acceptors (Lipinski definition) is 10. The number of nitrogens with two attached hydrogens (primary N) is 2. The SMILES string of the molecule is C.CC(C)CNCC(C)O.CCC(N)(CO)CO.CCC(N)(CO)CO.CCCNCCO. The third-order valence-electron chi connectivity index (χ3n) is 4.38. The predicted molar refractivity (Wildman–Crippen MR) is 139 cm³/mol. The molecule has 0 amide bonds. The summed E-state index contributed by atoms with van der Waals surface area (Å²) in [6.07, 6.45) is 2.11. The molecule has 10 nitrogen and oxygen atoms in total. The molecular weight excluding hydrogens is 428 g/mol. The van der Waals surface area contributed by atoms with Crippen LogP contribution in [0.2, 0.25) is 0 Å². The van der Waals surface area contributed by atoms with Crippen molar-refractivity contribution in [2.75, 3.05) is 59.2 Å². The van der Waals surface area contributed by atoms with Gasteiger partial charge in [0.2, 0.25) is 0 Å². The summed E-state index contributed by atoms with van der Waals surface area (Å²) in [5, 5.41) is 57.2. The van der Waals surface area contributed by atoms with E-state index in [1.807, 2.05) is 13.8 Å². The summed E-state index contributed by atoms with van der Waals surface area (Å²) in [5.74, 6) is 0.670. The highest BCUT2D eigenvalue weighted by Crippen LogP contribution is 2.02. The van der Waals surface area contributed by atoms with Crippen molar-refractivity contribution in [3.63, 3.8) is 0 Å². The van der Waals surface area contributed by atoms with Crippen molar-refractivity contribution >= 4 is 0 Å². The number of aliphatic hydroxyl groups excluding tert-OH is 6. The first-order chi connectivity index (χ1) is 14.9. The lowest BCUT2D eigenvalue weighted by atomic mass is 10.0. The molecule has 0 radical (unpaired) electrons. The first-order valence-corrected chi connectivity index (χ1v) is 11.6. The van der Waals surface area contributed by atoms with E-state index in [0.29, 0.717) is 25.3 Å². The van der Waals surface area contributed by atoms with Crippen LogP contribution in [-0.4, -0.2) is 107 Å². The summed E-state index contributed by atoms with van der Waals surface area (Å²) < 4.78 is 0. The Kier molecular flexibility index (Phi) is 38.4. The van der Waals surface area contributed by atoms with E-state index in [9.17, 15) is 0 Å². The fourth-order valence-corrected chi connectivity index (χ4v) is 1.51. The summed E-state index contributed by atoms with van der Waals surface area (Å²) in [5.41, 5.74) is 9.26. The zero-order valence-electron chi connectivity index (χ0n) is 21.5. The molecule has 0 aliphatic heterocycles. The van der Waals surface area contributed by atoms with E-state index in [1.165, 1.54) is 0 Å². The van der Waals surface area contributed by atoms with Crippen molar-refractivity contribution in [3.8, 4) is 0 Å². The molecule has 33 heavy (non-hydrogen) atoms. The van der Waals surface area contributed by atoms with Gasteiger partial charge in [0.1, 0.15) is 0 Å². The Morgan fingerprint density at radius 1 is 0.697 bits per heavy atom. The van der Waals surface area contributed by atoms with Crippen LogP contribution in [0.5, 0.6) is 0 Å². The van der Waals surface area contributed by atoms with Gasteiger partial charge in [-0.1, -0.05) is 42.0 Å². The Morgan fingerprint density at radius 2 is 1.09 bits per heavy atom. The summed E-state index contributed by atoms with van der Waals surface area (Å²) >= 11 is 0. The Balaban J connectivity index is -0.000000105. The zero-order chi connectivity index (χ0) is 26.1. The van der Waals surface area contributed by atoms with Gasteiger partial charge in [-0.3, -0.25) is 0 Å². The molecule has 0 aromatic carbocycles. The van der Waals surface area contributed by atoms with Crippen LogP contribution in [0.4, 0.5) is 0 Å². The molecule has 0 aromatic heterocycles. The maximum Gasteiger partial charge on any atom is 0.0636 e. The number of aliphatic hydroxyl groups is 6. The molecule has 10 heteroatoms. The lowest BCUT2D eigenvalue weighted by Crippen LogP contribution is -2.46. The second-order valence-electron chi connectivity index (χ2n) is 8.44. The van der Waals surface area contributed by atoms with Gasteiger partial charge in [-0.25, -0.2) is 0 Å². The zero-order valence-corrected chi connectivity index (χ0v) is 21.5. The van der Waals surface area contributed by atoms with Crippen LogP contribution < -0.4 is 22.1 Å². The maximum atomic E-state index is 8.80. The van der Waals surface area contributed by atoms with Crippen LogP contribution >= 0.6 is 0 Å². The third-order valence-corrected chi connectivity index (χ3v) is 4.38. The van der Waals surface area contributed by atoms with Crippen molar-refractivity contribution in [1.82, 2.24) is 10.6 Å². The van der Waals surface area contributed by atoms with E-state index in [-0.39, 0.29) is 46.6 Å². The minimum atomic E-state index is -0.764. The first kappa shape index (κ1) is 42.7. The highest BCUT2D eigenvalue weighted by Gasteiger charge is 2.19. The molecule has 0 fully saturated rings. The quantitative estimate of drug-likeness (QED) is 0.141. The number of hydrogen-bond donors (Lipinski definition) is 10. The van der Waals surface area contributed by atoms with Gasteiger partial charge in [0.25, 0.3) is 0 Å². The molecule has 0 heterocycles. The van der Waals surface area contributed by atoms with Gasteiger partial charge in [0.15, 0.2) is 0 Å². The van der Waals surface area contributed by atoms with E-state index in [4.69, 9.17) is 42.1 Å². The van der Waals surface area contributed by atoms with Crippen LogP contribution in [0.25, 0.3) is 0 Å². The van der Waals surface area contributed by atoms with E-state index in [1.54, 1.807) is 6.92 Å². The van der Waals surface area contributed by atoms with Crippen LogP contribution in [-0.2, 0) is 0 Å². The monoisotopic (exact) mass is 488 g/mol. The molecule has 208 valence electrons. The van der Waals surface area contributed by atoms with Crippen molar-refractivity contribution < 1.29 is 30.6 Å². The highest BCUT2D eigenvalue weighted by molar-refractivity contribution is 4.80.